The number of aromatic nitrogens is 3. The lowest BCUT2D eigenvalue weighted by Crippen LogP contribution is -2.23. The van der Waals surface area contributed by atoms with Gasteiger partial charge in [0.15, 0.2) is 0 Å². The highest BCUT2D eigenvalue weighted by molar-refractivity contribution is 7.17. The van der Waals surface area contributed by atoms with Crippen LogP contribution in [0.3, 0.4) is 0 Å². The lowest BCUT2D eigenvalue weighted by Gasteiger charge is -2.07. The highest BCUT2D eigenvalue weighted by Crippen LogP contribution is 2.28. The zero-order valence-electron chi connectivity index (χ0n) is 15.5. The molecule has 27 heavy (non-hydrogen) atoms. The molecule has 2 heterocycles. The average Bonchev–Trinajstić information content (AvgIpc) is 3.01. The van der Waals surface area contributed by atoms with Crippen molar-refractivity contribution in [2.45, 2.75) is 27.3 Å². The predicted molar refractivity (Wildman–Crippen MR) is 102 cm³/mol. The summed E-state index contributed by atoms with van der Waals surface area (Å²) in [5, 5.41) is 7.48. The quantitative estimate of drug-likeness (QED) is 0.748. The van der Waals surface area contributed by atoms with Crippen molar-refractivity contribution in [3.05, 3.63) is 67.8 Å². The normalized spacial score (nSPS) is 10.9. The third-order valence-corrected chi connectivity index (χ3v) is 5.48. The second-order valence-electron chi connectivity index (χ2n) is 6.26. The van der Waals surface area contributed by atoms with E-state index in [0.29, 0.717) is 21.1 Å². The van der Waals surface area contributed by atoms with Crippen LogP contribution in [0.25, 0.3) is 10.6 Å². The summed E-state index contributed by atoms with van der Waals surface area (Å²) >= 11 is 1.18. The van der Waals surface area contributed by atoms with Gasteiger partial charge in [-0.3, -0.25) is 9.59 Å². The molecule has 0 fully saturated rings. The van der Waals surface area contributed by atoms with Crippen LogP contribution in [0.5, 0.6) is 0 Å². The SMILES string of the molecule is Cc1nc(-c2c(C)c(C)nn(C)c2=O)sc1C(=O)NCc1ccc(F)cc1. The van der Waals surface area contributed by atoms with Gasteiger partial charge in [0.05, 0.1) is 17.0 Å². The third-order valence-electron chi connectivity index (χ3n) is 4.31. The van der Waals surface area contributed by atoms with Crippen LogP contribution in [0.15, 0.2) is 29.1 Å². The van der Waals surface area contributed by atoms with Crippen LogP contribution in [-0.4, -0.2) is 20.7 Å². The van der Waals surface area contributed by atoms with E-state index in [-0.39, 0.29) is 23.8 Å². The highest BCUT2D eigenvalue weighted by Gasteiger charge is 2.20. The van der Waals surface area contributed by atoms with E-state index < -0.39 is 0 Å². The molecule has 8 heteroatoms. The molecular formula is C19H19FN4O2S. The molecule has 6 nitrogen and oxygen atoms in total. The summed E-state index contributed by atoms with van der Waals surface area (Å²) in [6.45, 7) is 5.67. The summed E-state index contributed by atoms with van der Waals surface area (Å²) in [5.41, 5.74) is 3.07. The second-order valence-corrected chi connectivity index (χ2v) is 7.26. The molecule has 0 aliphatic heterocycles. The lowest BCUT2D eigenvalue weighted by atomic mass is 10.1. The summed E-state index contributed by atoms with van der Waals surface area (Å²) in [7, 11) is 1.59. The molecule has 1 amide bonds. The Kier molecular flexibility index (Phi) is 5.18. The fourth-order valence-electron chi connectivity index (χ4n) is 2.68. The first-order valence-electron chi connectivity index (χ1n) is 8.33. The molecule has 0 spiro atoms. The van der Waals surface area contributed by atoms with E-state index in [9.17, 15) is 14.0 Å². The summed E-state index contributed by atoms with van der Waals surface area (Å²) < 4.78 is 14.2. The molecule has 2 aromatic heterocycles. The molecule has 0 saturated heterocycles. The smallest absolute Gasteiger partial charge is 0.277 e. The van der Waals surface area contributed by atoms with Gasteiger partial charge in [-0.1, -0.05) is 12.1 Å². The van der Waals surface area contributed by atoms with E-state index in [1.165, 1.54) is 28.2 Å². The van der Waals surface area contributed by atoms with Crippen LogP contribution < -0.4 is 10.9 Å². The van der Waals surface area contributed by atoms with Gasteiger partial charge in [0.2, 0.25) is 0 Å². The molecule has 0 unspecified atom stereocenters. The Bertz CT molecular complexity index is 1070. The van der Waals surface area contributed by atoms with Crippen molar-refractivity contribution in [1.82, 2.24) is 20.1 Å². The first kappa shape index (κ1) is 18.9. The number of hydrogen-bond donors (Lipinski definition) is 1. The maximum absolute atomic E-state index is 13.0. The number of nitrogens with zero attached hydrogens (tertiary/aromatic N) is 3. The van der Waals surface area contributed by atoms with Gasteiger partial charge in [-0.2, -0.15) is 5.10 Å². The van der Waals surface area contributed by atoms with E-state index >= 15 is 0 Å². The first-order valence-corrected chi connectivity index (χ1v) is 9.14. The summed E-state index contributed by atoms with van der Waals surface area (Å²) in [6.07, 6.45) is 0. The molecule has 3 rings (SSSR count). The van der Waals surface area contributed by atoms with Crippen LogP contribution in [-0.2, 0) is 13.6 Å². The van der Waals surface area contributed by atoms with Gasteiger partial charge in [0.1, 0.15) is 15.7 Å². The summed E-state index contributed by atoms with van der Waals surface area (Å²) in [6, 6.07) is 5.94. The summed E-state index contributed by atoms with van der Waals surface area (Å²) in [5.74, 6) is -0.599. The Morgan fingerprint density at radius 2 is 1.85 bits per heavy atom. The van der Waals surface area contributed by atoms with Crippen molar-refractivity contribution in [2.24, 2.45) is 7.05 Å². The van der Waals surface area contributed by atoms with Crippen molar-refractivity contribution in [3.8, 4) is 10.6 Å². The Morgan fingerprint density at radius 1 is 1.19 bits per heavy atom. The molecule has 0 atom stereocenters. The largest absolute Gasteiger partial charge is 0.347 e. The highest BCUT2D eigenvalue weighted by atomic mass is 32.1. The molecule has 0 aliphatic carbocycles. The van der Waals surface area contributed by atoms with Gasteiger partial charge in [0.25, 0.3) is 11.5 Å². The number of carbonyl (C=O) groups is 1. The number of nitrogens with one attached hydrogen (secondary N) is 1. The van der Waals surface area contributed by atoms with E-state index in [1.54, 1.807) is 26.1 Å². The number of benzene rings is 1. The number of carbonyl (C=O) groups excluding carboxylic acids is 1. The zero-order chi connectivity index (χ0) is 19.7. The van der Waals surface area contributed by atoms with Crippen molar-refractivity contribution >= 4 is 17.2 Å². The zero-order valence-corrected chi connectivity index (χ0v) is 16.3. The lowest BCUT2D eigenvalue weighted by molar-refractivity contribution is 0.0954. The number of thiazole rings is 1. The van der Waals surface area contributed by atoms with Crippen molar-refractivity contribution in [1.29, 1.82) is 0 Å². The predicted octanol–water partition coefficient (Wildman–Crippen LogP) is 2.90. The molecule has 140 valence electrons. The van der Waals surface area contributed by atoms with Crippen molar-refractivity contribution < 1.29 is 9.18 Å². The number of rotatable bonds is 4. The monoisotopic (exact) mass is 386 g/mol. The molecular weight excluding hydrogens is 367 g/mol. The van der Waals surface area contributed by atoms with E-state index in [1.807, 2.05) is 13.8 Å². The fraction of sp³-hybridized carbons (Fsp3) is 0.263. The van der Waals surface area contributed by atoms with Gasteiger partial charge >= 0.3 is 0 Å². The first-order chi connectivity index (χ1) is 12.8. The van der Waals surface area contributed by atoms with Crippen LogP contribution >= 0.6 is 11.3 Å². The molecule has 1 aromatic carbocycles. The Balaban J connectivity index is 1.88. The minimum absolute atomic E-state index is 0.245. The van der Waals surface area contributed by atoms with Gasteiger partial charge in [0, 0.05) is 13.6 Å². The number of aryl methyl sites for hydroxylation is 3. The van der Waals surface area contributed by atoms with Gasteiger partial charge in [-0.15, -0.1) is 11.3 Å². The minimum Gasteiger partial charge on any atom is -0.347 e. The molecule has 0 saturated carbocycles. The molecule has 1 N–H and O–H groups in total. The van der Waals surface area contributed by atoms with Crippen molar-refractivity contribution in [3.63, 3.8) is 0 Å². The Hall–Kier alpha value is -2.87. The van der Waals surface area contributed by atoms with E-state index in [4.69, 9.17) is 0 Å². The Labute approximate surface area is 159 Å². The molecule has 0 aliphatic rings. The molecule has 0 bridgehead atoms. The number of amides is 1. The Morgan fingerprint density at radius 3 is 2.52 bits per heavy atom. The average molecular weight is 386 g/mol. The van der Waals surface area contributed by atoms with Crippen LogP contribution in [0.4, 0.5) is 4.39 Å². The maximum atomic E-state index is 13.0. The topological polar surface area (TPSA) is 76.9 Å². The van der Waals surface area contributed by atoms with Crippen molar-refractivity contribution in [2.75, 3.05) is 0 Å². The van der Waals surface area contributed by atoms with Crippen LogP contribution in [0.1, 0.15) is 32.2 Å². The second kappa shape index (κ2) is 7.40. The van der Waals surface area contributed by atoms with E-state index in [0.717, 1.165) is 16.8 Å². The third kappa shape index (κ3) is 3.80. The van der Waals surface area contributed by atoms with E-state index in [2.05, 4.69) is 15.4 Å². The van der Waals surface area contributed by atoms with Crippen LogP contribution in [0.2, 0.25) is 0 Å². The van der Waals surface area contributed by atoms with Gasteiger partial charge in [-0.25, -0.2) is 14.1 Å². The standard InChI is InChI=1S/C19H19FN4O2S/c1-10-11(2)23-24(4)19(26)15(10)18-22-12(3)16(27-18)17(25)21-9-13-5-7-14(20)8-6-13/h5-8H,9H2,1-4H3,(H,21,25). The number of halogens is 1. The fourth-order valence-corrected chi connectivity index (χ4v) is 3.76. The molecule has 0 radical (unpaired) electrons. The summed E-state index contributed by atoms with van der Waals surface area (Å²) in [4.78, 5) is 29.9. The molecule has 3 aromatic rings. The minimum atomic E-state index is -0.322. The maximum Gasteiger partial charge on any atom is 0.277 e. The van der Waals surface area contributed by atoms with Crippen LogP contribution in [0, 0.1) is 26.6 Å². The number of hydrogen-bond acceptors (Lipinski definition) is 5. The van der Waals surface area contributed by atoms with Gasteiger partial charge < -0.3 is 5.32 Å². The van der Waals surface area contributed by atoms with Gasteiger partial charge in [-0.05, 0) is 44.0 Å².